The van der Waals surface area contributed by atoms with Crippen LogP contribution in [0.3, 0.4) is 0 Å². The molecule has 2 fully saturated rings. The molecule has 1 saturated heterocycles. The first-order valence-electron chi connectivity index (χ1n) is 11.4. The highest BCUT2D eigenvalue weighted by molar-refractivity contribution is 7.88. The van der Waals surface area contributed by atoms with Crippen LogP contribution in [0.4, 0.5) is 5.69 Å². The Labute approximate surface area is 196 Å². The first-order chi connectivity index (χ1) is 15.5. The van der Waals surface area contributed by atoms with Crippen molar-refractivity contribution in [1.29, 1.82) is 5.26 Å². The maximum atomic E-state index is 13.1. The zero-order valence-electron chi connectivity index (χ0n) is 18.3. The molecule has 0 bridgehead atoms. The van der Waals surface area contributed by atoms with E-state index in [4.69, 9.17) is 11.6 Å². The summed E-state index contributed by atoms with van der Waals surface area (Å²) in [6.07, 6.45) is 7.03. The van der Waals surface area contributed by atoms with Gasteiger partial charge in [0.2, 0.25) is 10.0 Å². The summed E-state index contributed by atoms with van der Waals surface area (Å²) in [6, 6.07) is 17.2. The molecular weight excluding hydrogens is 442 g/mol. The topological polar surface area (TPSA) is 64.4 Å². The lowest BCUT2D eigenvalue weighted by molar-refractivity contribution is 0.349. The predicted molar refractivity (Wildman–Crippen MR) is 129 cm³/mol. The van der Waals surface area contributed by atoms with Gasteiger partial charge in [-0.3, -0.25) is 0 Å². The summed E-state index contributed by atoms with van der Waals surface area (Å²) in [5.74, 6) is 0.638. The summed E-state index contributed by atoms with van der Waals surface area (Å²) in [5, 5.41) is 9.69. The molecule has 4 rings (SSSR count). The van der Waals surface area contributed by atoms with E-state index in [0.29, 0.717) is 29.6 Å². The molecule has 32 heavy (non-hydrogen) atoms. The minimum atomic E-state index is -3.38. The van der Waals surface area contributed by atoms with Gasteiger partial charge in [0.05, 0.1) is 16.3 Å². The molecule has 170 valence electrons. The van der Waals surface area contributed by atoms with Gasteiger partial charge in [0, 0.05) is 31.4 Å². The molecule has 0 N–H and O–H groups in total. The molecule has 1 aliphatic carbocycles. The number of benzene rings is 2. The van der Waals surface area contributed by atoms with Crippen molar-refractivity contribution in [2.24, 2.45) is 5.92 Å². The lowest BCUT2D eigenvalue weighted by Crippen LogP contribution is -2.42. The summed E-state index contributed by atoms with van der Waals surface area (Å²) in [6.45, 7) is 1.92. The fraction of sp³-hybridized carbons (Fsp3) is 0.480. The van der Waals surface area contributed by atoms with Gasteiger partial charge in [0.15, 0.2) is 0 Å². The SMILES string of the molecule is N#Cc1ccc(N(CC2CCCCC2)[C@H]2CCN(S(=O)(=O)Cc3ccccc3)C2)cc1Cl. The predicted octanol–water partition coefficient (Wildman–Crippen LogP) is 5.20. The molecule has 1 atom stereocenters. The van der Waals surface area contributed by atoms with Crippen molar-refractivity contribution in [2.45, 2.75) is 50.3 Å². The smallest absolute Gasteiger partial charge is 0.218 e. The van der Waals surface area contributed by atoms with E-state index in [2.05, 4.69) is 11.0 Å². The van der Waals surface area contributed by atoms with Crippen molar-refractivity contribution < 1.29 is 8.42 Å². The van der Waals surface area contributed by atoms with Crippen LogP contribution in [0.15, 0.2) is 48.5 Å². The van der Waals surface area contributed by atoms with Crippen LogP contribution in [0.25, 0.3) is 0 Å². The monoisotopic (exact) mass is 471 g/mol. The number of nitrogens with zero attached hydrogens (tertiary/aromatic N) is 3. The van der Waals surface area contributed by atoms with Crippen LogP contribution in [-0.2, 0) is 15.8 Å². The quantitative estimate of drug-likeness (QED) is 0.556. The van der Waals surface area contributed by atoms with Crippen LogP contribution < -0.4 is 4.90 Å². The second kappa shape index (κ2) is 10.2. The Kier molecular flexibility index (Phi) is 7.40. The highest BCUT2D eigenvalue weighted by atomic mass is 35.5. The van der Waals surface area contributed by atoms with Crippen molar-refractivity contribution in [3.05, 3.63) is 64.7 Å². The summed E-state index contributed by atoms with van der Waals surface area (Å²) in [4.78, 5) is 2.35. The van der Waals surface area contributed by atoms with Crippen molar-refractivity contribution >= 4 is 27.3 Å². The molecule has 7 heteroatoms. The number of anilines is 1. The summed E-state index contributed by atoms with van der Waals surface area (Å²) >= 11 is 6.36. The highest BCUT2D eigenvalue weighted by Gasteiger charge is 2.35. The zero-order valence-corrected chi connectivity index (χ0v) is 19.9. The van der Waals surface area contributed by atoms with Crippen LogP contribution in [-0.4, -0.2) is 38.4 Å². The van der Waals surface area contributed by atoms with Gasteiger partial charge in [-0.25, -0.2) is 8.42 Å². The third-order valence-electron chi connectivity index (χ3n) is 6.74. The lowest BCUT2D eigenvalue weighted by Gasteiger charge is -2.36. The number of hydrogen-bond donors (Lipinski definition) is 0. The summed E-state index contributed by atoms with van der Waals surface area (Å²) in [7, 11) is -3.38. The maximum Gasteiger partial charge on any atom is 0.218 e. The molecule has 2 aromatic carbocycles. The van der Waals surface area contributed by atoms with Gasteiger partial charge in [-0.1, -0.05) is 61.2 Å². The molecule has 5 nitrogen and oxygen atoms in total. The van der Waals surface area contributed by atoms with Crippen molar-refractivity contribution in [3.63, 3.8) is 0 Å². The van der Waals surface area contributed by atoms with Crippen molar-refractivity contribution in [2.75, 3.05) is 24.5 Å². The minimum absolute atomic E-state index is 0.0336. The van der Waals surface area contributed by atoms with Crippen molar-refractivity contribution in [1.82, 2.24) is 4.31 Å². The third kappa shape index (κ3) is 5.46. The average molecular weight is 472 g/mol. The lowest BCUT2D eigenvalue weighted by atomic mass is 9.88. The molecule has 0 radical (unpaired) electrons. The van der Waals surface area contributed by atoms with E-state index >= 15 is 0 Å². The molecule has 0 unspecified atom stereocenters. The van der Waals surface area contributed by atoms with E-state index in [1.807, 2.05) is 42.5 Å². The average Bonchev–Trinajstić information content (AvgIpc) is 3.30. The Morgan fingerprint density at radius 1 is 1.06 bits per heavy atom. The van der Waals surface area contributed by atoms with E-state index in [1.54, 1.807) is 10.4 Å². The number of halogens is 1. The van der Waals surface area contributed by atoms with E-state index in [9.17, 15) is 13.7 Å². The second-order valence-electron chi connectivity index (χ2n) is 8.97. The second-order valence-corrected chi connectivity index (χ2v) is 11.4. The van der Waals surface area contributed by atoms with E-state index in [-0.39, 0.29) is 11.8 Å². The number of rotatable bonds is 7. The summed E-state index contributed by atoms with van der Waals surface area (Å²) in [5.41, 5.74) is 2.26. The Balaban J connectivity index is 1.53. The Morgan fingerprint density at radius 2 is 1.81 bits per heavy atom. The standard InChI is InChI=1S/C25H30ClN3O2S/c26-25-15-23(12-11-22(25)16-27)29(17-20-7-3-1-4-8-20)24-13-14-28(18-24)32(30,31)19-21-9-5-2-6-10-21/h2,5-6,9-12,15,20,24H,1,3-4,7-8,13-14,17-19H2/t24-/m0/s1. The molecule has 0 spiro atoms. The Bertz CT molecular complexity index is 1060. The van der Waals surface area contributed by atoms with Gasteiger partial charge in [-0.2, -0.15) is 9.57 Å². The number of nitriles is 1. The minimum Gasteiger partial charge on any atom is -0.367 e. The maximum absolute atomic E-state index is 13.1. The first kappa shape index (κ1) is 23.1. The van der Waals surface area contributed by atoms with Gasteiger partial charge in [-0.15, -0.1) is 0 Å². The third-order valence-corrected chi connectivity index (χ3v) is 8.87. The highest BCUT2D eigenvalue weighted by Crippen LogP contribution is 2.32. The van der Waals surface area contributed by atoms with E-state index in [1.165, 1.54) is 32.1 Å². The normalized spacial score (nSPS) is 20.2. The molecule has 0 amide bonds. The number of sulfonamides is 1. The van der Waals surface area contributed by atoms with Crippen LogP contribution in [0, 0.1) is 17.2 Å². The van der Waals surface area contributed by atoms with Crippen LogP contribution in [0.2, 0.25) is 5.02 Å². The molecule has 1 saturated carbocycles. The molecule has 2 aromatic rings. The van der Waals surface area contributed by atoms with Crippen LogP contribution >= 0.6 is 11.6 Å². The van der Waals surface area contributed by atoms with Gasteiger partial charge < -0.3 is 4.90 Å². The molecule has 1 heterocycles. The summed E-state index contributed by atoms with van der Waals surface area (Å²) < 4.78 is 27.8. The Morgan fingerprint density at radius 3 is 2.50 bits per heavy atom. The van der Waals surface area contributed by atoms with Gasteiger partial charge in [-0.05, 0) is 48.9 Å². The van der Waals surface area contributed by atoms with E-state index in [0.717, 1.165) is 24.2 Å². The molecule has 1 aliphatic heterocycles. The molecular formula is C25H30ClN3O2S. The van der Waals surface area contributed by atoms with Crippen LogP contribution in [0.1, 0.15) is 49.7 Å². The molecule has 2 aliphatic rings. The van der Waals surface area contributed by atoms with E-state index < -0.39 is 10.0 Å². The van der Waals surface area contributed by atoms with Gasteiger partial charge in [0.1, 0.15) is 6.07 Å². The zero-order chi connectivity index (χ0) is 22.6. The van der Waals surface area contributed by atoms with Gasteiger partial charge in [0.25, 0.3) is 0 Å². The number of hydrogen-bond acceptors (Lipinski definition) is 4. The Hall–Kier alpha value is -2.07. The molecule has 0 aromatic heterocycles. The van der Waals surface area contributed by atoms with Gasteiger partial charge >= 0.3 is 0 Å². The van der Waals surface area contributed by atoms with Crippen LogP contribution in [0.5, 0.6) is 0 Å². The van der Waals surface area contributed by atoms with Crippen molar-refractivity contribution in [3.8, 4) is 6.07 Å². The fourth-order valence-corrected chi connectivity index (χ4v) is 6.78. The fourth-order valence-electron chi connectivity index (χ4n) is 4.98. The first-order valence-corrected chi connectivity index (χ1v) is 13.4. The largest absolute Gasteiger partial charge is 0.367 e.